The maximum absolute atomic E-state index is 12.6. The fourth-order valence-corrected chi connectivity index (χ4v) is 4.98. The van der Waals surface area contributed by atoms with Crippen molar-refractivity contribution < 1.29 is 24.2 Å². The minimum absolute atomic E-state index is 0.0160. The van der Waals surface area contributed by atoms with Crippen LogP contribution in [0.1, 0.15) is 36.3 Å². The SMILES string of the molecule is CN(C)CCN(CC(=O)O)C(=O)CC1CC(NC(=O)OCC2c3ccccc3-c3ccccc32)C1. The lowest BCUT2D eigenvalue weighted by molar-refractivity contribution is -0.145. The number of fused-ring (bicyclic) bond motifs is 3. The Morgan fingerprint density at radius 2 is 1.57 bits per heavy atom. The fraction of sp³-hybridized carbons (Fsp3) is 0.444. The number of aliphatic carboxylic acids is 1. The van der Waals surface area contributed by atoms with E-state index in [0.717, 1.165) is 0 Å². The summed E-state index contributed by atoms with van der Waals surface area (Å²) in [5.74, 6) is -1.02. The van der Waals surface area contributed by atoms with Gasteiger partial charge < -0.3 is 25.0 Å². The lowest BCUT2D eigenvalue weighted by Gasteiger charge is -2.36. The van der Waals surface area contributed by atoms with Crippen molar-refractivity contribution in [2.24, 2.45) is 5.92 Å². The summed E-state index contributed by atoms with van der Waals surface area (Å²) in [7, 11) is 3.77. The van der Waals surface area contributed by atoms with E-state index in [1.165, 1.54) is 27.2 Å². The van der Waals surface area contributed by atoms with Crippen LogP contribution in [0.15, 0.2) is 48.5 Å². The van der Waals surface area contributed by atoms with E-state index in [2.05, 4.69) is 29.6 Å². The second-order valence-corrected chi connectivity index (χ2v) is 9.72. The number of nitrogens with one attached hydrogen (secondary N) is 1. The van der Waals surface area contributed by atoms with Gasteiger partial charge in [0, 0.05) is 31.5 Å². The van der Waals surface area contributed by atoms with Crippen LogP contribution in [-0.2, 0) is 14.3 Å². The van der Waals surface area contributed by atoms with Gasteiger partial charge in [-0.3, -0.25) is 9.59 Å². The molecule has 2 aromatic rings. The molecule has 1 saturated carbocycles. The molecule has 0 atom stereocenters. The standard InChI is InChI=1S/C27H33N3O5/c1-29(2)11-12-30(16-26(32)33)25(31)15-18-13-19(14-18)28-27(34)35-17-24-22-9-5-3-7-20(22)21-8-4-6-10-23(21)24/h3-10,18-19,24H,11-17H2,1-2H3,(H,28,34)(H,32,33). The summed E-state index contributed by atoms with van der Waals surface area (Å²) >= 11 is 0. The molecule has 2 amide bonds. The zero-order valence-electron chi connectivity index (χ0n) is 20.3. The number of amides is 2. The molecule has 0 spiro atoms. The Bertz CT molecular complexity index is 1030. The zero-order chi connectivity index (χ0) is 24.9. The molecule has 0 heterocycles. The molecule has 0 unspecified atom stereocenters. The van der Waals surface area contributed by atoms with Gasteiger partial charge in [-0.2, -0.15) is 0 Å². The van der Waals surface area contributed by atoms with Gasteiger partial charge in [-0.05, 0) is 55.1 Å². The van der Waals surface area contributed by atoms with E-state index in [-0.39, 0.29) is 36.9 Å². The molecule has 0 aliphatic heterocycles. The smallest absolute Gasteiger partial charge is 0.407 e. The molecule has 8 nitrogen and oxygen atoms in total. The van der Waals surface area contributed by atoms with Crippen LogP contribution in [0, 0.1) is 5.92 Å². The molecule has 0 saturated heterocycles. The van der Waals surface area contributed by atoms with E-state index < -0.39 is 12.1 Å². The van der Waals surface area contributed by atoms with Crippen LogP contribution < -0.4 is 5.32 Å². The maximum atomic E-state index is 12.6. The molecule has 186 valence electrons. The first-order valence-corrected chi connectivity index (χ1v) is 12.1. The summed E-state index contributed by atoms with van der Waals surface area (Å²) in [5.41, 5.74) is 4.71. The monoisotopic (exact) mass is 479 g/mol. The Morgan fingerprint density at radius 1 is 0.971 bits per heavy atom. The Labute approximate surface area is 205 Å². The van der Waals surface area contributed by atoms with Gasteiger partial charge in [0.05, 0.1) is 0 Å². The average molecular weight is 480 g/mol. The first-order chi connectivity index (χ1) is 16.8. The molecule has 35 heavy (non-hydrogen) atoms. The van der Waals surface area contributed by atoms with Crippen molar-refractivity contribution in [3.05, 3.63) is 59.7 Å². The minimum Gasteiger partial charge on any atom is -0.480 e. The highest BCUT2D eigenvalue weighted by molar-refractivity contribution is 5.82. The van der Waals surface area contributed by atoms with E-state index in [0.29, 0.717) is 32.4 Å². The van der Waals surface area contributed by atoms with Crippen molar-refractivity contribution in [1.29, 1.82) is 0 Å². The van der Waals surface area contributed by atoms with Crippen LogP contribution in [0.4, 0.5) is 4.79 Å². The van der Waals surface area contributed by atoms with Crippen LogP contribution in [0.5, 0.6) is 0 Å². The summed E-state index contributed by atoms with van der Waals surface area (Å²) in [6, 6.07) is 16.4. The molecule has 0 bridgehead atoms. The molecule has 2 aliphatic carbocycles. The molecule has 0 radical (unpaired) electrons. The van der Waals surface area contributed by atoms with Crippen molar-refractivity contribution in [2.75, 3.05) is 40.3 Å². The van der Waals surface area contributed by atoms with Crippen molar-refractivity contribution in [3.63, 3.8) is 0 Å². The number of hydrogen-bond donors (Lipinski definition) is 2. The van der Waals surface area contributed by atoms with Gasteiger partial charge in [0.25, 0.3) is 0 Å². The second-order valence-electron chi connectivity index (χ2n) is 9.72. The molecular formula is C27H33N3O5. The number of alkyl carbamates (subject to hydrolysis) is 1. The van der Waals surface area contributed by atoms with Gasteiger partial charge in [0.1, 0.15) is 13.2 Å². The summed E-state index contributed by atoms with van der Waals surface area (Å²) in [4.78, 5) is 39.5. The zero-order valence-corrected chi connectivity index (χ0v) is 20.3. The van der Waals surface area contributed by atoms with Gasteiger partial charge in [-0.1, -0.05) is 48.5 Å². The second kappa shape index (κ2) is 10.9. The first-order valence-electron chi connectivity index (χ1n) is 12.1. The molecule has 2 aliphatic rings. The molecule has 0 aromatic heterocycles. The van der Waals surface area contributed by atoms with Gasteiger partial charge in [-0.15, -0.1) is 0 Å². The number of carbonyl (C=O) groups excluding carboxylic acids is 2. The molecule has 1 fully saturated rings. The lowest BCUT2D eigenvalue weighted by Crippen LogP contribution is -2.47. The van der Waals surface area contributed by atoms with Crippen LogP contribution in [0.2, 0.25) is 0 Å². The number of carboxylic acids is 1. The van der Waals surface area contributed by atoms with Gasteiger partial charge in [0.15, 0.2) is 0 Å². The Balaban J connectivity index is 1.23. The predicted octanol–water partition coefficient (Wildman–Crippen LogP) is 3.17. The summed E-state index contributed by atoms with van der Waals surface area (Å²) in [5, 5.41) is 12.0. The minimum atomic E-state index is -1.01. The molecular weight excluding hydrogens is 446 g/mol. The third-order valence-corrected chi connectivity index (χ3v) is 6.86. The van der Waals surface area contributed by atoms with E-state index in [1.54, 1.807) is 0 Å². The van der Waals surface area contributed by atoms with Crippen molar-refractivity contribution in [2.45, 2.75) is 31.2 Å². The number of benzene rings is 2. The normalized spacial score (nSPS) is 18.4. The van der Waals surface area contributed by atoms with Crippen LogP contribution >= 0.6 is 0 Å². The highest BCUT2D eigenvalue weighted by atomic mass is 16.5. The van der Waals surface area contributed by atoms with E-state index in [9.17, 15) is 14.4 Å². The molecule has 2 N–H and O–H groups in total. The van der Waals surface area contributed by atoms with Crippen LogP contribution in [0.3, 0.4) is 0 Å². The number of hydrogen-bond acceptors (Lipinski definition) is 5. The Morgan fingerprint density at radius 3 is 2.14 bits per heavy atom. The van der Waals surface area contributed by atoms with E-state index >= 15 is 0 Å². The lowest BCUT2D eigenvalue weighted by atomic mass is 9.78. The highest BCUT2D eigenvalue weighted by Crippen LogP contribution is 2.44. The first kappa shape index (κ1) is 24.7. The third-order valence-electron chi connectivity index (χ3n) is 6.86. The number of rotatable bonds is 10. The number of ether oxygens (including phenoxy) is 1. The van der Waals surface area contributed by atoms with E-state index in [4.69, 9.17) is 9.84 Å². The van der Waals surface area contributed by atoms with Crippen LogP contribution in [0.25, 0.3) is 11.1 Å². The molecule has 2 aromatic carbocycles. The highest BCUT2D eigenvalue weighted by Gasteiger charge is 2.34. The predicted molar refractivity (Wildman–Crippen MR) is 132 cm³/mol. The van der Waals surface area contributed by atoms with Crippen molar-refractivity contribution in [1.82, 2.24) is 15.1 Å². The molecule has 4 rings (SSSR count). The average Bonchev–Trinajstić information content (AvgIpc) is 3.12. The number of carbonyl (C=O) groups is 3. The summed E-state index contributed by atoms with van der Waals surface area (Å²) in [6.45, 7) is 0.966. The third kappa shape index (κ3) is 6.00. The number of likely N-dealkylation sites (N-methyl/N-ethyl adjacent to an activating group) is 1. The Hall–Kier alpha value is -3.39. The fourth-order valence-electron chi connectivity index (χ4n) is 4.98. The van der Waals surface area contributed by atoms with E-state index in [1.807, 2.05) is 43.3 Å². The summed E-state index contributed by atoms with van der Waals surface area (Å²) in [6.07, 6.45) is 1.22. The van der Waals surface area contributed by atoms with Gasteiger partial charge in [0.2, 0.25) is 5.91 Å². The van der Waals surface area contributed by atoms with Crippen molar-refractivity contribution in [3.8, 4) is 11.1 Å². The largest absolute Gasteiger partial charge is 0.480 e. The summed E-state index contributed by atoms with van der Waals surface area (Å²) < 4.78 is 5.60. The number of nitrogens with zero attached hydrogens (tertiary/aromatic N) is 2. The van der Waals surface area contributed by atoms with Crippen molar-refractivity contribution >= 4 is 18.0 Å². The molecule has 8 heteroatoms. The van der Waals surface area contributed by atoms with Crippen LogP contribution in [-0.4, -0.2) is 79.3 Å². The van der Waals surface area contributed by atoms with Gasteiger partial charge in [-0.25, -0.2) is 4.79 Å². The topological polar surface area (TPSA) is 99.2 Å². The number of carboxylic acid groups (broad SMARTS) is 1. The quantitative estimate of drug-likeness (QED) is 0.543. The maximum Gasteiger partial charge on any atom is 0.407 e. The Kier molecular flexibility index (Phi) is 7.70. The van der Waals surface area contributed by atoms with Gasteiger partial charge >= 0.3 is 12.1 Å².